The Morgan fingerprint density at radius 3 is 1.00 bits per heavy atom. The van der Waals surface area contributed by atoms with Crippen molar-refractivity contribution in [2.45, 2.75) is 13.8 Å². The molecule has 0 saturated heterocycles. The minimum atomic E-state index is 0. The van der Waals surface area contributed by atoms with Gasteiger partial charge in [-0.3, -0.25) is 0 Å². The van der Waals surface area contributed by atoms with Gasteiger partial charge in [0.25, 0.3) is 0 Å². The standard InChI is InChI=1S/2C7H8O.Ca/c2*1-6-2-4-7(8)5-3-6;/h2*2-5,8H,1H3;/q;;+2/p-2. The fourth-order valence-corrected chi connectivity index (χ4v) is 1.08. The third-order valence-electron chi connectivity index (χ3n) is 2.04. The van der Waals surface area contributed by atoms with E-state index in [1.165, 1.54) is 0 Å². The van der Waals surface area contributed by atoms with Gasteiger partial charge in [-0.25, -0.2) is 0 Å². The van der Waals surface area contributed by atoms with Gasteiger partial charge < -0.3 is 10.2 Å². The van der Waals surface area contributed by atoms with Gasteiger partial charge in [0.15, 0.2) is 0 Å². The van der Waals surface area contributed by atoms with Crippen LogP contribution in [0.5, 0.6) is 11.5 Å². The maximum atomic E-state index is 10.4. The van der Waals surface area contributed by atoms with Crippen LogP contribution in [0.4, 0.5) is 0 Å². The summed E-state index contributed by atoms with van der Waals surface area (Å²) in [6.45, 7) is 3.92. The molecule has 0 bridgehead atoms. The molecule has 0 N–H and O–H groups in total. The van der Waals surface area contributed by atoms with Crippen molar-refractivity contribution in [2.75, 3.05) is 0 Å². The summed E-state index contributed by atoms with van der Waals surface area (Å²) < 4.78 is 0. The van der Waals surface area contributed by atoms with Gasteiger partial charge in [-0.15, -0.1) is 11.5 Å². The van der Waals surface area contributed by atoms with Crippen LogP contribution >= 0.6 is 0 Å². The topological polar surface area (TPSA) is 46.1 Å². The molecule has 0 aromatic heterocycles. The number of benzene rings is 2. The van der Waals surface area contributed by atoms with Crippen LogP contribution in [0.25, 0.3) is 0 Å². The first-order chi connectivity index (χ1) is 7.58. The van der Waals surface area contributed by atoms with Crippen LogP contribution in [0.3, 0.4) is 0 Å². The van der Waals surface area contributed by atoms with Crippen molar-refractivity contribution >= 4 is 37.7 Å². The number of hydrogen-bond acceptors (Lipinski definition) is 2. The quantitative estimate of drug-likeness (QED) is 0.672. The second kappa shape index (κ2) is 8.40. The van der Waals surface area contributed by atoms with Crippen molar-refractivity contribution in [1.29, 1.82) is 0 Å². The SMILES string of the molecule is Cc1ccc([O-])cc1.Cc1ccc([O-])cc1.[Ca+2]. The largest absolute Gasteiger partial charge is 2.00 e. The van der Waals surface area contributed by atoms with E-state index in [1.807, 2.05) is 38.1 Å². The van der Waals surface area contributed by atoms with E-state index < -0.39 is 0 Å². The number of aryl methyl sites for hydroxylation is 2. The van der Waals surface area contributed by atoms with Gasteiger partial charge in [-0.2, -0.15) is 0 Å². The zero-order valence-corrected chi connectivity index (χ0v) is 12.4. The molecule has 0 spiro atoms. The molecule has 3 heteroatoms. The first-order valence-electron chi connectivity index (χ1n) is 5.05. The number of hydrogen-bond donors (Lipinski definition) is 0. The van der Waals surface area contributed by atoms with Crippen molar-refractivity contribution < 1.29 is 10.2 Å². The summed E-state index contributed by atoms with van der Waals surface area (Å²) in [6.07, 6.45) is 0. The molecular formula is C14H14CaO2. The maximum Gasteiger partial charge on any atom is 2.00 e. The average Bonchev–Trinajstić information content (AvgIpc) is 2.28. The van der Waals surface area contributed by atoms with E-state index in [0.29, 0.717) is 0 Å². The first kappa shape index (κ1) is 16.3. The Morgan fingerprint density at radius 1 is 0.588 bits per heavy atom. The van der Waals surface area contributed by atoms with Crippen molar-refractivity contribution in [3.63, 3.8) is 0 Å². The molecule has 0 amide bonds. The van der Waals surface area contributed by atoms with Crippen molar-refractivity contribution in [3.05, 3.63) is 59.7 Å². The van der Waals surface area contributed by atoms with Crippen LogP contribution in [-0.2, 0) is 0 Å². The molecule has 84 valence electrons. The van der Waals surface area contributed by atoms with Crippen LogP contribution < -0.4 is 10.2 Å². The molecule has 0 aliphatic heterocycles. The second-order valence-electron chi connectivity index (χ2n) is 3.63. The Balaban J connectivity index is 0.000000284. The first-order valence-corrected chi connectivity index (χ1v) is 5.05. The van der Waals surface area contributed by atoms with E-state index in [4.69, 9.17) is 0 Å². The minimum absolute atomic E-state index is 0. The molecule has 2 nitrogen and oxygen atoms in total. The molecule has 2 rings (SSSR count). The minimum Gasteiger partial charge on any atom is -0.872 e. The molecule has 2 aromatic carbocycles. The van der Waals surface area contributed by atoms with Crippen molar-refractivity contribution in [2.24, 2.45) is 0 Å². The fourth-order valence-electron chi connectivity index (χ4n) is 1.08. The van der Waals surface area contributed by atoms with Gasteiger partial charge in [0.05, 0.1) is 0 Å². The third kappa shape index (κ3) is 7.27. The maximum absolute atomic E-state index is 10.4. The molecule has 0 fully saturated rings. The Hall–Kier alpha value is -0.700. The summed E-state index contributed by atoms with van der Waals surface area (Å²) in [5.41, 5.74) is 2.26. The average molecular weight is 254 g/mol. The summed E-state index contributed by atoms with van der Waals surface area (Å²) in [5, 5.41) is 20.8. The Labute approximate surface area is 132 Å². The zero-order valence-electron chi connectivity index (χ0n) is 10.1. The van der Waals surface area contributed by atoms with Gasteiger partial charge in [0.2, 0.25) is 0 Å². The predicted molar refractivity (Wildman–Crippen MR) is 67.0 cm³/mol. The van der Waals surface area contributed by atoms with Crippen molar-refractivity contribution in [3.8, 4) is 11.5 Å². The molecule has 2 aromatic rings. The van der Waals surface area contributed by atoms with Gasteiger partial charge in [-0.1, -0.05) is 59.7 Å². The van der Waals surface area contributed by atoms with E-state index in [1.54, 1.807) is 24.3 Å². The van der Waals surface area contributed by atoms with E-state index in [9.17, 15) is 10.2 Å². The normalized spacial score (nSPS) is 8.59. The molecule has 17 heavy (non-hydrogen) atoms. The monoisotopic (exact) mass is 254 g/mol. The third-order valence-corrected chi connectivity index (χ3v) is 2.04. The second-order valence-corrected chi connectivity index (χ2v) is 3.63. The van der Waals surface area contributed by atoms with Crippen LogP contribution in [0.15, 0.2) is 48.5 Å². The molecule has 0 saturated carbocycles. The van der Waals surface area contributed by atoms with Crippen LogP contribution in [0.2, 0.25) is 0 Å². The summed E-state index contributed by atoms with van der Waals surface area (Å²) in [6, 6.07) is 13.5. The van der Waals surface area contributed by atoms with Crippen LogP contribution in [0, 0.1) is 13.8 Å². The van der Waals surface area contributed by atoms with E-state index in [2.05, 4.69) is 0 Å². The molecule has 0 aliphatic carbocycles. The van der Waals surface area contributed by atoms with Crippen molar-refractivity contribution in [1.82, 2.24) is 0 Å². The van der Waals surface area contributed by atoms with Gasteiger partial charge in [0.1, 0.15) is 0 Å². The van der Waals surface area contributed by atoms with E-state index in [-0.39, 0.29) is 49.2 Å². The number of rotatable bonds is 0. The smallest absolute Gasteiger partial charge is 0.872 e. The van der Waals surface area contributed by atoms with Gasteiger partial charge in [0, 0.05) is 0 Å². The molecule has 0 unspecified atom stereocenters. The zero-order chi connectivity index (χ0) is 12.0. The fraction of sp³-hybridized carbons (Fsp3) is 0.143. The Bertz CT molecular complexity index is 335. The van der Waals surface area contributed by atoms with Crippen LogP contribution in [0.1, 0.15) is 11.1 Å². The molecule has 0 atom stereocenters. The molecule has 0 radical (unpaired) electrons. The van der Waals surface area contributed by atoms with E-state index in [0.717, 1.165) is 11.1 Å². The molecule has 0 heterocycles. The summed E-state index contributed by atoms with van der Waals surface area (Å²) in [7, 11) is 0. The van der Waals surface area contributed by atoms with E-state index >= 15 is 0 Å². The Kier molecular flexibility index (Phi) is 8.05. The summed E-state index contributed by atoms with van der Waals surface area (Å²) in [4.78, 5) is 0. The predicted octanol–water partition coefficient (Wildman–Crippen LogP) is 1.76. The Morgan fingerprint density at radius 2 is 0.824 bits per heavy atom. The summed E-state index contributed by atoms with van der Waals surface area (Å²) in [5.74, 6) is 0.159. The van der Waals surface area contributed by atoms with Crippen LogP contribution in [-0.4, -0.2) is 37.7 Å². The molecular weight excluding hydrogens is 240 g/mol. The summed E-state index contributed by atoms with van der Waals surface area (Å²) >= 11 is 0. The van der Waals surface area contributed by atoms with Gasteiger partial charge >= 0.3 is 37.7 Å². The van der Waals surface area contributed by atoms with Gasteiger partial charge in [-0.05, 0) is 13.8 Å². The molecule has 0 aliphatic rings.